The van der Waals surface area contributed by atoms with Crippen molar-refractivity contribution in [1.82, 2.24) is 10.2 Å². The Labute approximate surface area is 122 Å². The fraction of sp³-hybridized carbons (Fsp3) is 0.400. The second kappa shape index (κ2) is 5.20. The zero-order valence-electron chi connectivity index (χ0n) is 11.8. The molecule has 0 saturated carbocycles. The summed E-state index contributed by atoms with van der Waals surface area (Å²) in [7, 11) is 0. The molecule has 2 aliphatic rings. The minimum absolute atomic E-state index is 0.0994. The number of hydrogen-bond acceptors (Lipinski definition) is 3. The van der Waals surface area contributed by atoms with E-state index >= 15 is 0 Å². The summed E-state index contributed by atoms with van der Waals surface area (Å²) < 4.78 is 0. The maximum Gasteiger partial charge on any atom is 0.324 e. The summed E-state index contributed by atoms with van der Waals surface area (Å²) in [6.07, 6.45) is 1.48. The lowest BCUT2D eigenvalue weighted by atomic mass is 10.1. The number of benzene rings is 1. The Kier molecular flexibility index (Phi) is 3.37. The van der Waals surface area contributed by atoms with Crippen LogP contribution in [-0.2, 0) is 16.1 Å². The number of carbonyl (C=O) groups is 3. The van der Waals surface area contributed by atoms with Crippen molar-refractivity contribution in [2.45, 2.75) is 32.4 Å². The second-order valence-corrected chi connectivity index (χ2v) is 5.53. The Balaban J connectivity index is 1.71. The van der Waals surface area contributed by atoms with Crippen LogP contribution >= 0.6 is 0 Å². The summed E-state index contributed by atoms with van der Waals surface area (Å²) >= 11 is 0. The lowest BCUT2D eigenvalue weighted by Crippen LogP contribution is -2.30. The lowest BCUT2D eigenvalue weighted by molar-refractivity contribution is -0.118. The Morgan fingerprint density at radius 1 is 1.19 bits per heavy atom. The SMILES string of the molecule is C[C@@H]1CCC(=O)N1c1ccc(CN2CC(=O)NC2=O)cc1. The third kappa shape index (κ3) is 2.61. The van der Waals surface area contributed by atoms with Crippen molar-refractivity contribution in [2.75, 3.05) is 11.4 Å². The molecule has 0 aliphatic carbocycles. The van der Waals surface area contributed by atoms with Gasteiger partial charge in [0.05, 0.1) is 0 Å². The first-order valence-electron chi connectivity index (χ1n) is 7.04. The summed E-state index contributed by atoms with van der Waals surface area (Å²) in [5.74, 6) is -0.118. The number of rotatable bonds is 3. The van der Waals surface area contributed by atoms with Gasteiger partial charge in [-0.2, -0.15) is 0 Å². The van der Waals surface area contributed by atoms with E-state index in [1.807, 2.05) is 36.1 Å². The number of amides is 4. The third-order valence-electron chi connectivity index (χ3n) is 3.94. The highest BCUT2D eigenvalue weighted by molar-refractivity contribution is 6.01. The van der Waals surface area contributed by atoms with Gasteiger partial charge >= 0.3 is 6.03 Å². The molecule has 110 valence electrons. The molecule has 6 nitrogen and oxygen atoms in total. The van der Waals surface area contributed by atoms with E-state index in [1.54, 1.807) is 0 Å². The highest BCUT2D eigenvalue weighted by Crippen LogP contribution is 2.26. The molecule has 2 aliphatic heterocycles. The predicted octanol–water partition coefficient (Wildman–Crippen LogP) is 1.25. The van der Waals surface area contributed by atoms with E-state index in [9.17, 15) is 14.4 Å². The molecule has 0 spiro atoms. The lowest BCUT2D eigenvalue weighted by Gasteiger charge is -2.22. The second-order valence-electron chi connectivity index (χ2n) is 5.53. The van der Waals surface area contributed by atoms with Crippen LogP contribution in [0.25, 0.3) is 0 Å². The summed E-state index contributed by atoms with van der Waals surface area (Å²) in [6, 6.07) is 7.45. The summed E-state index contributed by atoms with van der Waals surface area (Å²) in [4.78, 5) is 37.8. The van der Waals surface area contributed by atoms with Crippen LogP contribution in [0.1, 0.15) is 25.3 Å². The molecule has 0 aromatic heterocycles. The van der Waals surface area contributed by atoms with Crippen molar-refractivity contribution in [3.8, 4) is 0 Å². The van der Waals surface area contributed by atoms with Gasteiger partial charge in [-0.05, 0) is 31.0 Å². The van der Waals surface area contributed by atoms with Gasteiger partial charge in [0, 0.05) is 24.7 Å². The largest absolute Gasteiger partial charge is 0.324 e. The molecule has 1 N–H and O–H groups in total. The molecule has 2 heterocycles. The van der Waals surface area contributed by atoms with Gasteiger partial charge in [0.25, 0.3) is 0 Å². The topological polar surface area (TPSA) is 69.7 Å². The van der Waals surface area contributed by atoms with Gasteiger partial charge in [0.15, 0.2) is 0 Å². The van der Waals surface area contributed by atoms with Gasteiger partial charge in [-0.15, -0.1) is 0 Å². The van der Waals surface area contributed by atoms with E-state index in [1.165, 1.54) is 4.90 Å². The molecule has 6 heteroatoms. The van der Waals surface area contributed by atoms with Crippen LogP contribution in [-0.4, -0.2) is 35.3 Å². The molecule has 4 amide bonds. The first kappa shape index (κ1) is 13.6. The van der Waals surface area contributed by atoms with E-state index in [-0.39, 0.29) is 30.4 Å². The van der Waals surface area contributed by atoms with Crippen LogP contribution in [0, 0.1) is 0 Å². The number of nitrogens with one attached hydrogen (secondary N) is 1. The first-order chi connectivity index (χ1) is 10.0. The molecular formula is C15H17N3O3. The van der Waals surface area contributed by atoms with E-state index in [0.717, 1.165) is 17.7 Å². The molecule has 2 saturated heterocycles. The van der Waals surface area contributed by atoms with Crippen LogP contribution in [0.3, 0.4) is 0 Å². The fourth-order valence-corrected chi connectivity index (χ4v) is 2.82. The Morgan fingerprint density at radius 2 is 1.90 bits per heavy atom. The normalized spacial score (nSPS) is 22.1. The number of anilines is 1. The molecule has 1 aromatic rings. The number of urea groups is 1. The van der Waals surface area contributed by atoms with Crippen molar-refractivity contribution in [3.63, 3.8) is 0 Å². The van der Waals surface area contributed by atoms with Crippen molar-refractivity contribution < 1.29 is 14.4 Å². The maximum atomic E-state index is 11.9. The third-order valence-corrected chi connectivity index (χ3v) is 3.94. The monoisotopic (exact) mass is 287 g/mol. The van der Waals surface area contributed by atoms with Gasteiger partial charge in [0.2, 0.25) is 11.8 Å². The van der Waals surface area contributed by atoms with Crippen molar-refractivity contribution in [2.24, 2.45) is 0 Å². The standard InChI is InChI=1S/C15H17N3O3/c1-10-2-7-14(20)18(10)12-5-3-11(4-6-12)8-17-9-13(19)16-15(17)21/h3-6,10H,2,7-9H2,1H3,(H,16,19,21)/t10-/m1/s1. The van der Waals surface area contributed by atoms with Gasteiger partial charge in [-0.25, -0.2) is 4.79 Å². The van der Waals surface area contributed by atoms with Crippen LogP contribution in [0.15, 0.2) is 24.3 Å². The van der Waals surface area contributed by atoms with E-state index < -0.39 is 0 Å². The Bertz CT molecular complexity index is 597. The maximum absolute atomic E-state index is 11.9. The smallest absolute Gasteiger partial charge is 0.311 e. The summed E-state index contributed by atoms with van der Waals surface area (Å²) in [6.45, 7) is 2.53. The average Bonchev–Trinajstić information content (AvgIpc) is 2.94. The molecule has 3 rings (SSSR count). The van der Waals surface area contributed by atoms with Crippen LogP contribution in [0.2, 0.25) is 0 Å². The molecular weight excluding hydrogens is 270 g/mol. The minimum atomic E-state index is -0.354. The molecule has 0 radical (unpaired) electrons. The summed E-state index contributed by atoms with van der Waals surface area (Å²) in [5.41, 5.74) is 1.82. The van der Waals surface area contributed by atoms with E-state index in [4.69, 9.17) is 0 Å². The molecule has 1 atom stereocenters. The Hall–Kier alpha value is -2.37. The zero-order valence-corrected chi connectivity index (χ0v) is 11.8. The van der Waals surface area contributed by atoms with Crippen LogP contribution in [0.4, 0.5) is 10.5 Å². The number of carbonyl (C=O) groups excluding carboxylic acids is 3. The van der Waals surface area contributed by atoms with Crippen LogP contribution in [0.5, 0.6) is 0 Å². The average molecular weight is 287 g/mol. The highest BCUT2D eigenvalue weighted by Gasteiger charge is 2.29. The summed E-state index contributed by atoms with van der Waals surface area (Å²) in [5, 5.41) is 2.25. The minimum Gasteiger partial charge on any atom is -0.311 e. The Morgan fingerprint density at radius 3 is 2.43 bits per heavy atom. The van der Waals surface area contributed by atoms with E-state index in [0.29, 0.717) is 13.0 Å². The van der Waals surface area contributed by atoms with E-state index in [2.05, 4.69) is 5.32 Å². The van der Waals surface area contributed by atoms with Crippen LogP contribution < -0.4 is 10.2 Å². The number of hydrogen-bond donors (Lipinski definition) is 1. The molecule has 0 bridgehead atoms. The molecule has 1 aromatic carbocycles. The predicted molar refractivity (Wildman–Crippen MR) is 76.6 cm³/mol. The number of imide groups is 1. The zero-order chi connectivity index (χ0) is 15.0. The quantitative estimate of drug-likeness (QED) is 0.851. The molecule has 21 heavy (non-hydrogen) atoms. The van der Waals surface area contributed by atoms with Crippen molar-refractivity contribution >= 4 is 23.5 Å². The highest BCUT2D eigenvalue weighted by atomic mass is 16.2. The fourth-order valence-electron chi connectivity index (χ4n) is 2.82. The van der Waals surface area contributed by atoms with Gasteiger partial charge in [-0.1, -0.05) is 12.1 Å². The molecule has 0 unspecified atom stereocenters. The molecule has 2 fully saturated rings. The number of nitrogens with zero attached hydrogens (tertiary/aromatic N) is 2. The first-order valence-corrected chi connectivity index (χ1v) is 7.04. The van der Waals surface area contributed by atoms with Gasteiger partial charge in [-0.3, -0.25) is 14.9 Å². The van der Waals surface area contributed by atoms with Gasteiger partial charge < -0.3 is 9.80 Å². The van der Waals surface area contributed by atoms with Gasteiger partial charge in [0.1, 0.15) is 6.54 Å². The van der Waals surface area contributed by atoms with Crippen molar-refractivity contribution in [3.05, 3.63) is 29.8 Å². The van der Waals surface area contributed by atoms with Crippen molar-refractivity contribution in [1.29, 1.82) is 0 Å².